The molecule has 1 rings (SSSR count). The summed E-state index contributed by atoms with van der Waals surface area (Å²) < 4.78 is 19.2. The van der Waals surface area contributed by atoms with Crippen molar-refractivity contribution in [1.29, 1.82) is 0 Å². The zero-order valence-electron chi connectivity index (χ0n) is 9.80. The fraction of sp³-hybridized carbons (Fsp3) is 0.538. The Bertz CT molecular complexity index is 328. The predicted octanol–water partition coefficient (Wildman–Crippen LogP) is 4.54. The van der Waals surface area contributed by atoms with E-state index >= 15 is 0 Å². The zero-order chi connectivity index (χ0) is 12.0. The molecule has 0 amide bonds. The van der Waals surface area contributed by atoms with Gasteiger partial charge in [0.2, 0.25) is 0 Å². The van der Waals surface area contributed by atoms with Crippen molar-refractivity contribution in [2.45, 2.75) is 33.3 Å². The van der Waals surface area contributed by atoms with Gasteiger partial charge in [0.05, 0.1) is 6.61 Å². The summed E-state index contributed by atoms with van der Waals surface area (Å²) in [7, 11) is 0. The van der Waals surface area contributed by atoms with Crippen LogP contribution < -0.4 is 0 Å². The minimum Gasteiger partial charge on any atom is -0.376 e. The lowest BCUT2D eigenvalue weighted by molar-refractivity contribution is 0.0889. The minimum absolute atomic E-state index is 0.227. The lowest BCUT2D eigenvalue weighted by atomic mass is 10.1. The molecule has 0 aliphatic heterocycles. The SMILES string of the molecule is CCCC(C)COCc1ccc(F)cc1Br. The molecule has 1 aromatic carbocycles. The molecule has 0 aliphatic carbocycles. The Morgan fingerprint density at radius 2 is 2.19 bits per heavy atom. The van der Waals surface area contributed by atoms with Crippen LogP contribution in [-0.4, -0.2) is 6.61 Å². The maximum atomic E-state index is 12.8. The molecular formula is C13H18BrFO. The van der Waals surface area contributed by atoms with Crippen molar-refractivity contribution in [3.05, 3.63) is 34.1 Å². The van der Waals surface area contributed by atoms with E-state index in [1.54, 1.807) is 6.07 Å². The first-order valence-electron chi connectivity index (χ1n) is 5.65. The van der Waals surface area contributed by atoms with E-state index in [0.29, 0.717) is 12.5 Å². The van der Waals surface area contributed by atoms with Gasteiger partial charge in [-0.05, 0) is 30.0 Å². The Morgan fingerprint density at radius 3 is 2.81 bits per heavy atom. The molecule has 0 aliphatic rings. The molecule has 0 saturated heterocycles. The molecule has 3 heteroatoms. The summed E-state index contributed by atoms with van der Waals surface area (Å²) in [4.78, 5) is 0. The fourth-order valence-electron chi connectivity index (χ4n) is 1.58. The highest BCUT2D eigenvalue weighted by atomic mass is 79.9. The van der Waals surface area contributed by atoms with Crippen LogP contribution in [0.4, 0.5) is 4.39 Å². The lowest BCUT2D eigenvalue weighted by Gasteiger charge is -2.11. The number of rotatable bonds is 6. The molecule has 1 unspecified atom stereocenters. The predicted molar refractivity (Wildman–Crippen MR) is 67.8 cm³/mol. The average Bonchev–Trinajstić information content (AvgIpc) is 2.22. The molecular weight excluding hydrogens is 271 g/mol. The first-order valence-corrected chi connectivity index (χ1v) is 6.44. The van der Waals surface area contributed by atoms with Gasteiger partial charge >= 0.3 is 0 Å². The van der Waals surface area contributed by atoms with E-state index in [1.807, 2.05) is 0 Å². The van der Waals surface area contributed by atoms with E-state index in [4.69, 9.17) is 4.74 Å². The normalized spacial score (nSPS) is 12.8. The van der Waals surface area contributed by atoms with Crippen LogP contribution in [0.2, 0.25) is 0 Å². The highest BCUT2D eigenvalue weighted by Gasteiger charge is 2.04. The molecule has 1 nitrogen and oxygen atoms in total. The van der Waals surface area contributed by atoms with E-state index in [1.165, 1.54) is 25.0 Å². The largest absolute Gasteiger partial charge is 0.376 e. The number of hydrogen-bond donors (Lipinski definition) is 0. The standard InChI is InChI=1S/C13H18BrFO/c1-3-4-10(2)8-16-9-11-5-6-12(15)7-13(11)14/h5-7,10H,3-4,8-9H2,1-2H3. The van der Waals surface area contributed by atoms with Crippen molar-refractivity contribution in [2.75, 3.05) is 6.61 Å². The molecule has 0 radical (unpaired) electrons. The van der Waals surface area contributed by atoms with Gasteiger partial charge in [-0.3, -0.25) is 0 Å². The fourth-order valence-corrected chi connectivity index (χ4v) is 2.05. The third-order valence-electron chi connectivity index (χ3n) is 2.46. The van der Waals surface area contributed by atoms with Gasteiger partial charge in [-0.1, -0.05) is 42.3 Å². The molecule has 0 fully saturated rings. The van der Waals surface area contributed by atoms with Gasteiger partial charge in [0.1, 0.15) is 5.82 Å². The number of hydrogen-bond acceptors (Lipinski definition) is 1. The van der Waals surface area contributed by atoms with Gasteiger partial charge in [0.25, 0.3) is 0 Å². The molecule has 0 aromatic heterocycles. The molecule has 0 heterocycles. The molecule has 0 saturated carbocycles. The molecule has 0 N–H and O–H groups in total. The van der Waals surface area contributed by atoms with E-state index < -0.39 is 0 Å². The van der Waals surface area contributed by atoms with Gasteiger partial charge < -0.3 is 4.74 Å². The van der Waals surface area contributed by atoms with Crippen LogP contribution in [0.3, 0.4) is 0 Å². The summed E-state index contributed by atoms with van der Waals surface area (Å²) in [5, 5.41) is 0. The van der Waals surface area contributed by atoms with Crippen LogP contribution in [0.5, 0.6) is 0 Å². The first-order chi connectivity index (χ1) is 7.63. The maximum Gasteiger partial charge on any atom is 0.124 e. The van der Waals surface area contributed by atoms with Crippen molar-refractivity contribution in [3.8, 4) is 0 Å². The summed E-state index contributed by atoms with van der Waals surface area (Å²) in [5.74, 6) is 0.360. The third-order valence-corrected chi connectivity index (χ3v) is 3.19. The Labute approximate surface area is 105 Å². The average molecular weight is 289 g/mol. The van der Waals surface area contributed by atoms with Crippen LogP contribution in [0.1, 0.15) is 32.3 Å². The number of benzene rings is 1. The van der Waals surface area contributed by atoms with E-state index in [0.717, 1.165) is 16.6 Å². The monoisotopic (exact) mass is 288 g/mol. The van der Waals surface area contributed by atoms with Gasteiger partial charge in [-0.2, -0.15) is 0 Å². The van der Waals surface area contributed by atoms with Gasteiger partial charge in [-0.15, -0.1) is 0 Å². The summed E-state index contributed by atoms with van der Waals surface area (Å²) in [6, 6.07) is 4.68. The van der Waals surface area contributed by atoms with Crippen LogP contribution in [0.25, 0.3) is 0 Å². The van der Waals surface area contributed by atoms with Crippen molar-refractivity contribution in [3.63, 3.8) is 0 Å². The van der Waals surface area contributed by atoms with Crippen LogP contribution in [0, 0.1) is 11.7 Å². The number of halogens is 2. The molecule has 16 heavy (non-hydrogen) atoms. The molecule has 0 spiro atoms. The zero-order valence-corrected chi connectivity index (χ0v) is 11.4. The van der Waals surface area contributed by atoms with Crippen molar-refractivity contribution >= 4 is 15.9 Å². The second kappa shape index (κ2) is 7.02. The van der Waals surface area contributed by atoms with Crippen molar-refractivity contribution in [2.24, 2.45) is 5.92 Å². The van der Waals surface area contributed by atoms with Gasteiger partial charge in [0, 0.05) is 11.1 Å². The Kier molecular flexibility index (Phi) is 5.99. The smallest absolute Gasteiger partial charge is 0.124 e. The third kappa shape index (κ3) is 4.62. The lowest BCUT2D eigenvalue weighted by Crippen LogP contribution is -2.05. The Morgan fingerprint density at radius 1 is 1.44 bits per heavy atom. The van der Waals surface area contributed by atoms with Gasteiger partial charge in [0.15, 0.2) is 0 Å². The summed E-state index contributed by atoms with van der Waals surface area (Å²) in [6.45, 7) is 5.66. The van der Waals surface area contributed by atoms with Crippen molar-refractivity contribution in [1.82, 2.24) is 0 Å². The van der Waals surface area contributed by atoms with E-state index in [9.17, 15) is 4.39 Å². The topological polar surface area (TPSA) is 9.23 Å². The summed E-state index contributed by atoms with van der Waals surface area (Å²) in [5.41, 5.74) is 0.991. The second-order valence-corrected chi connectivity index (χ2v) is 5.00. The highest BCUT2D eigenvalue weighted by Crippen LogP contribution is 2.19. The van der Waals surface area contributed by atoms with Crippen LogP contribution in [-0.2, 0) is 11.3 Å². The first kappa shape index (κ1) is 13.7. The van der Waals surface area contributed by atoms with E-state index in [-0.39, 0.29) is 5.82 Å². The highest BCUT2D eigenvalue weighted by molar-refractivity contribution is 9.10. The Hall–Kier alpha value is -0.410. The van der Waals surface area contributed by atoms with Crippen LogP contribution >= 0.6 is 15.9 Å². The van der Waals surface area contributed by atoms with Crippen molar-refractivity contribution < 1.29 is 9.13 Å². The molecule has 1 atom stereocenters. The Balaban J connectivity index is 2.37. The second-order valence-electron chi connectivity index (χ2n) is 4.14. The van der Waals surface area contributed by atoms with E-state index in [2.05, 4.69) is 29.8 Å². The maximum absolute atomic E-state index is 12.8. The summed E-state index contributed by atoms with van der Waals surface area (Å²) >= 11 is 3.33. The van der Waals surface area contributed by atoms with Gasteiger partial charge in [-0.25, -0.2) is 4.39 Å². The minimum atomic E-state index is -0.227. The van der Waals surface area contributed by atoms with Crippen LogP contribution in [0.15, 0.2) is 22.7 Å². The quantitative estimate of drug-likeness (QED) is 0.747. The molecule has 0 bridgehead atoms. The molecule has 1 aromatic rings. The molecule has 90 valence electrons. The summed E-state index contributed by atoms with van der Waals surface area (Å²) in [6.07, 6.45) is 2.37. The number of ether oxygens (including phenoxy) is 1.